The van der Waals surface area contributed by atoms with Gasteiger partial charge < -0.3 is 18.6 Å². The zero-order valence-corrected chi connectivity index (χ0v) is 16.2. The van der Waals surface area contributed by atoms with Crippen LogP contribution in [0.15, 0.2) is 12.2 Å². The molecule has 0 aromatic heterocycles. The molecular formula is C17H34NO5S+. The predicted molar refractivity (Wildman–Crippen MR) is 96.4 cm³/mol. The van der Waals surface area contributed by atoms with Gasteiger partial charge in [0.25, 0.3) is 0 Å². The minimum atomic E-state index is -4.18. The number of esters is 1. The molecule has 1 N–H and O–H groups in total. The molecule has 0 heterocycles. The number of hydrogen-bond acceptors (Lipinski definition) is 4. The molecule has 0 fully saturated rings. The lowest BCUT2D eigenvalue weighted by Crippen LogP contribution is -2.52. The first-order valence-electron chi connectivity index (χ1n) is 8.79. The second-order valence-electron chi connectivity index (χ2n) is 6.49. The van der Waals surface area contributed by atoms with Crippen LogP contribution in [0, 0.1) is 0 Å². The van der Waals surface area contributed by atoms with E-state index in [0.717, 1.165) is 43.3 Å². The smallest absolute Gasteiger partial charge is 0.512 e. The van der Waals surface area contributed by atoms with Gasteiger partial charge in [0, 0.05) is 12.2 Å². The third-order valence-electron chi connectivity index (χ3n) is 4.17. The maximum absolute atomic E-state index is 10.9. The first kappa shape index (κ1) is 23.1. The average molecular weight is 365 g/mol. The number of hydrogen-bond donors (Lipinski definition) is 0. The predicted octanol–water partition coefficient (Wildman–Crippen LogP) is 2.43. The minimum absolute atomic E-state index is 0.152. The van der Waals surface area contributed by atoms with Crippen molar-refractivity contribution >= 4 is 16.1 Å². The summed E-state index contributed by atoms with van der Waals surface area (Å²) < 4.78 is 38.7. The number of carbonyl (C=O) groups excluding carboxylic acids is 1. The second kappa shape index (κ2) is 11.6. The summed E-state index contributed by atoms with van der Waals surface area (Å²) in [5, 5.41) is 0. The Morgan fingerprint density at radius 1 is 1.08 bits per heavy atom. The normalized spacial score (nSPS) is 12.2. The zero-order chi connectivity index (χ0) is 18.6. The summed E-state index contributed by atoms with van der Waals surface area (Å²) in [5.74, 6) is -0.476. The van der Waals surface area contributed by atoms with Gasteiger partial charge in [-0.1, -0.05) is 33.3 Å². The molecule has 0 rings (SSSR count). The molecule has 0 aliphatic rings. The lowest BCUT2D eigenvalue weighted by molar-refractivity contribution is -0.928. The summed E-state index contributed by atoms with van der Waals surface area (Å²) in [7, 11) is -4.18. The maximum atomic E-state index is 10.9. The number of rotatable bonds is 14. The van der Waals surface area contributed by atoms with E-state index in [1.807, 2.05) is 0 Å². The summed E-state index contributed by atoms with van der Waals surface area (Å²) in [6.07, 6.45) is 4.52. The van der Waals surface area contributed by atoms with Crippen molar-refractivity contribution in [2.75, 3.05) is 38.5 Å². The van der Waals surface area contributed by atoms with Gasteiger partial charge in [-0.15, -0.1) is 0 Å². The standard InChI is InChI=1S/C17H33NO5S/c1-5-7-10-18(11-8-6-2,12-9-15-24(20,21)22)13-14-23-17(19)16(3)4/h3,5-15H2,1-2,4H3/p+1. The van der Waals surface area contributed by atoms with Crippen molar-refractivity contribution in [1.82, 2.24) is 0 Å². The summed E-state index contributed by atoms with van der Waals surface area (Å²) in [4.78, 5) is 9.63. The van der Waals surface area contributed by atoms with Gasteiger partial charge in [-0.2, -0.15) is 0 Å². The Bertz CT molecular complexity index is 479. The van der Waals surface area contributed by atoms with Crippen LogP contribution in [0.25, 0.3) is 0 Å². The van der Waals surface area contributed by atoms with E-state index >= 15 is 0 Å². The van der Waals surface area contributed by atoms with Crippen molar-refractivity contribution in [2.45, 2.75) is 52.9 Å². The molecule has 24 heavy (non-hydrogen) atoms. The molecule has 0 aliphatic carbocycles. The van der Waals surface area contributed by atoms with E-state index in [1.54, 1.807) is 6.92 Å². The van der Waals surface area contributed by atoms with Gasteiger partial charge in [-0.25, -0.2) is 8.42 Å². The number of quaternary nitrogens is 1. The molecule has 7 heteroatoms. The Morgan fingerprint density at radius 3 is 2.00 bits per heavy atom. The van der Waals surface area contributed by atoms with Gasteiger partial charge in [-0.05, 0) is 19.8 Å². The van der Waals surface area contributed by atoms with Crippen LogP contribution in [-0.2, 0) is 14.9 Å². The molecule has 0 amide bonds. The van der Waals surface area contributed by atoms with E-state index in [1.165, 1.54) is 0 Å². The van der Waals surface area contributed by atoms with Crippen LogP contribution < -0.4 is 0 Å². The zero-order valence-electron chi connectivity index (χ0n) is 15.4. The van der Waals surface area contributed by atoms with Crippen molar-refractivity contribution in [1.29, 1.82) is 0 Å². The van der Waals surface area contributed by atoms with Crippen molar-refractivity contribution < 1.29 is 27.0 Å². The highest BCUT2D eigenvalue weighted by Crippen LogP contribution is 2.14. The molecule has 0 saturated heterocycles. The van der Waals surface area contributed by atoms with Gasteiger partial charge in [0.1, 0.15) is 6.54 Å². The largest absolute Gasteiger partial charge is 0.748 e. The number of nitrogens with zero attached hydrogens (tertiary/aromatic N) is 1. The Morgan fingerprint density at radius 2 is 1.58 bits per heavy atom. The molecule has 0 aromatic carbocycles. The fourth-order valence-electron chi connectivity index (χ4n) is 2.69. The average Bonchev–Trinajstić information content (AvgIpc) is 2.49. The molecule has 142 valence electrons. The highest BCUT2D eigenvalue weighted by atomic mass is 32.2. The lowest BCUT2D eigenvalue weighted by atomic mass is 10.2. The van der Waals surface area contributed by atoms with E-state index in [0.29, 0.717) is 31.7 Å². The van der Waals surface area contributed by atoms with Gasteiger partial charge >= 0.3 is 5.97 Å². The van der Waals surface area contributed by atoms with Crippen molar-refractivity contribution in [2.24, 2.45) is 0 Å². The Kier molecular flexibility index (Phi) is 11.2. The number of ether oxygens (including phenoxy) is 1. The molecule has 0 spiro atoms. The van der Waals surface area contributed by atoms with E-state index < -0.39 is 10.1 Å². The van der Waals surface area contributed by atoms with Crippen molar-refractivity contribution in [3.05, 3.63) is 12.2 Å². The van der Waals surface area contributed by atoms with Crippen LogP contribution >= 0.6 is 0 Å². The summed E-state index contributed by atoms with van der Waals surface area (Å²) in [5.41, 5.74) is 0.479. The van der Waals surface area contributed by atoms with E-state index in [9.17, 15) is 17.8 Å². The fraction of sp³-hybridized carbons (Fsp3) is 0.824. The number of unbranched alkanes of at least 4 members (excludes halogenated alkanes) is 2. The summed E-state index contributed by atoms with van der Waals surface area (Å²) in [6.45, 7) is 13.0. The third kappa shape index (κ3) is 10.8. The topological polar surface area (TPSA) is 87.8 Å². The van der Waals surface area contributed by atoms with Crippen molar-refractivity contribution in [3.63, 3.8) is 0 Å². The highest BCUT2D eigenvalue weighted by Gasteiger charge is 2.28. The van der Waals surface area contributed by atoms with Crippen LogP contribution in [0.5, 0.6) is 0 Å². The highest BCUT2D eigenvalue weighted by molar-refractivity contribution is 7.85. The SMILES string of the molecule is C=C(C)C(=[OH+])OCC[N+](CCCC)(CCCC)CCCS(=O)(=O)[O-]. The van der Waals surface area contributed by atoms with E-state index in [-0.39, 0.29) is 11.7 Å². The monoisotopic (exact) mass is 364 g/mol. The molecule has 0 atom stereocenters. The van der Waals surface area contributed by atoms with Crippen molar-refractivity contribution in [3.8, 4) is 0 Å². The van der Waals surface area contributed by atoms with E-state index in [4.69, 9.17) is 4.74 Å². The molecule has 0 bridgehead atoms. The molecule has 6 nitrogen and oxygen atoms in total. The minimum Gasteiger partial charge on any atom is -0.748 e. The molecule has 0 radical (unpaired) electrons. The van der Waals surface area contributed by atoms with Crippen LogP contribution in [-0.4, -0.2) is 66.8 Å². The second-order valence-corrected chi connectivity index (χ2v) is 8.02. The molecule has 0 aliphatic heterocycles. The van der Waals surface area contributed by atoms with Gasteiger partial charge in [0.2, 0.25) is 6.61 Å². The molecule has 0 aromatic rings. The molecular weight excluding hydrogens is 330 g/mol. The molecule has 0 saturated carbocycles. The summed E-state index contributed by atoms with van der Waals surface area (Å²) >= 11 is 0. The molecule has 0 unspecified atom stereocenters. The van der Waals surface area contributed by atoms with Crippen LogP contribution in [0.3, 0.4) is 0 Å². The Labute approximate surface area is 147 Å². The quantitative estimate of drug-likeness (QED) is 0.156. The van der Waals surface area contributed by atoms with Gasteiger partial charge in [0.15, 0.2) is 0 Å². The van der Waals surface area contributed by atoms with Crippen LogP contribution in [0.2, 0.25) is 0 Å². The summed E-state index contributed by atoms with van der Waals surface area (Å²) in [6, 6.07) is 0. The van der Waals surface area contributed by atoms with Crippen LogP contribution in [0.4, 0.5) is 0 Å². The van der Waals surface area contributed by atoms with Gasteiger partial charge in [-0.3, -0.25) is 0 Å². The van der Waals surface area contributed by atoms with E-state index in [2.05, 4.69) is 20.4 Å². The Balaban J connectivity index is 4.88. The fourth-order valence-corrected chi connectivity index (χ4v) is 3.18. The first-order valence-corrected chi connectivity index (χ1v) is 10.4. The maximum Gasteiger partial charge on any atom is 0.512 e. The van der Waals surface area contributed by atoms with Gasteiger partial charge in [0.05, 0.1) is 35.3 Å². The lowest BCUT2D eigenvalue weighted by Gasteiger charge is -2.38. The van der Waals surface area contributed by atoms with Crippen LogP contribution in [0.1, 0.15) is 52.9 Å². The Hall–Kier alpha value is -0.920. The first-order chi connectivity index (χ1) is 11.2. The third-order valence-corrected chi connectivity index (χ3v) is 4.96.